The van der Waals surface area contributed by atoms with Crippen LogP contribution in [0.3, 0.4) is 0 Å². The van der Waals surface area contributed by atoms with Crippen molar-refractivity contribution >= 4 is 17.6 Å². The monoisotopic (exact) mass is 399 g/mol. The molecule has 2 aliphatic rings. The van der Waals surface area contributed by atoms with Crippen molar-refractivity contribution in [3.8, 4) is 0 Å². The Labute approximate surface area is 174 Å². The molecule has 1 aliphatic heterocycles. The van der Waals surface area contributed by atoms with Gasteiger partial charge in [0.05, 0.1) is 26.2 Å². The van der Waals surface area contributed by atoms with Gasteiger partial charge in [-0.3, -0.25) is 10.1 Å². The lowest BCUT2D eigenvalue weighted by Gasteiger charge is -2.34. The largest absolute Gasteiger partial charge is 0.360 e. The number of benzene rings is 1. The lowest BCUT2D eigenvalue weighted by Crippen LogP contribution is -3.16. The van der Waals surface area contributed by atoms with Crippen LogP contribution in [0.2, 0.25) is 0 Å². The predicted molar refractivity (Wildman–Crippen MR) is 116 cm³/mol. The zero-order chi connectivity index (χ0) is 20.6. The second-order valence-corrected chi connectivity index (χ2v) is 8.30. The molecule has 1 saturated heterocycles. The van der Waals surface area contributed by atoms with E-state index in [4.69, 9.17) is 0 Å². The summed E-state index contributed by atoms with van der Waals surface area (Å²) in [7, 11) is 0. The van der Waals surface area contributed by atoms with E-state index in [1.54, 1.807) is 0 Å². The number of urea groups is 1. The second-order valence-electron chi connectivity index (χ2n) is 8.30. The number of hydrogen-bond donors (Lipinski definition) is 3. The molecule has 1 aromatic carbocycles. The maximum absolute atomic E-state index is 12.2. The van der Waals surface area contributed by atoms with E-state index in [9.17, 15) is 9.59 Å². The number of rotatable bonds is 6. The molecular weight excluding hydrogens is 364 g/mol. The number of carbonyl (C=O) groups is 2. The summed E-state index contributed by atoms with van der Waals surface area (Å²) in [5.41, 5.74) is 5.35. The summed E-state index contributed by atoms with van der Waals surface area (Å²) >= 11 is 0. The van der Waals surface area contributed by atoms with Crippen molar-refractivity contribution in [2.24, 2.45) is 0 Å². The lowest BCUT2D eigenvalue weighted by molar-refractivity contribution is -0.892. The summed E-state index contributed by atoms with van der Waals surface area (Å²) in [4.78, 5) is 27.8. The first-order chi connectivity index (χ1) is 14.0. The summed E-state index contributed by atoms with van der Waals surface area (Å²) in [6, 6.07) is 6.04. The molecule has 0 atom stereocenters. The summed E-state index contributed by atoms with van der Waals surface area (Å²) in [5.74, 6) is -0.199. The fraction of sp³-hybridized carbons (Fsp3) is 0.565. The summed E-state index contributed by atoms with van der Waals surface area (Å²) in [6.07, 6.45) is 7.98. The van der Waals surface area contributed by atoms with Crippen LogP contribution >= 0.6 is 0 Å². The minimum atomic E-state index is -0.375. The Kier molecular flexibility index (Phi) is 7.69. The minimum absolute atomic E-state index is 0.199. The number of carbonyl (C=O) groups excluding carboxylic acids is 2. The van der Waals surface area contributed by atoms with Gasteiger partial charge in [-0.2, -0.15) is 0 Å². The molecule has 0 unspecified atom stereocenters. The van der Waals surface area contributed by atoms with Gasteiger partial charge < -0.3 is 15.1 Å². The van der Waals surface area contributed by atoms with Crippen molar-refractivity contribution in [2.45, 2.75) is 46.0 Å². The van der Waals surface area contributed by atoms with Gasteiger partial charge in [0, 0.05) is 12.2 Å². The molecule has 0 spiro atoms. The van der Waals surface area contributed by atoms with Crippen LogP contribution in [-0.2, 0) is 4.79 Å². The number of hydrogen-bond acceptors (Lipinski definition) is 3. The summed E-state index contributed by atoms with van der Waals surface area (Å²) in [6.45, 7) is 8.89. The highest BCUT2D eigenvalue weighted by molar-refractivity contribution is 5.94. The Morgan fingerprint density at radius 3 is 2.66 bits per heavy atom. The van der Waals surface area contributed by atoms with Gasteiger partial charge in [-0.15, -0.1) is 0 Å². The summed E-state index contributed by atoms with van der Waals surface area (Å²) in [5, 5.41) is 5.29. The molecule has 1 aliphatic carbocycles. The average molecular weight is 400 g/mol. The van der Waals surface area contributed by atoms with Gasteiger partial charge in [0.25, 0.3) is 5.91 Å². The van der Waals surface area contributed by atoms with Crippen LogP contribution in [0.5, 0.6) is 0 Å². The van der Waals surface area contributed by atoms with Gasteiger partial charge in [0.2, 0.25) is 0 Å². The number of nitrogens with zero attached hydrogens (tertiary/aromatic N) is 1. The molecule has 1 heterocycles. The average Bonchev–Trinajstić information content (AvgIpc) is 2.71. The smallest absolute Gasteiger partial charge is 0.321 e. The zero-order valence-electron chi connectivity index (χ0n) is 17.9. The van der Waals surface area contributed by atoms with Crippen LogP contribution in [0, 0.1) is 13.8 Å². The van der Waals surface area contributed by atoms with Crippen LogP contribution in [-0.4, -0.2) is 51.2 Å². The van der Waals surface area contributed by atoms with E-state index in [-0.39, 0.29) is 11.9 Å². The molecule has 3 rings (SSSR count). The maximum atomic E-state index is 12.2. The third kappa shape index (κ3) is 6.32. The van der Waals surface area contributed by atoms with Crippen molar-refractivity contribution in [1.29, 1.82) is 0 Å². The Hall–Kier alpha value is -2.34. The number of piperazine rings is 1. The number of allylic oxidation sites excluding steroid dienone is 1. The molecule has 1 fully saturated rings. The number of aryl methyl sites for hydroxylation is 1. The van der Waals surface area contributed by atoms with Crippen molar-refractivity contribution in [1.82, 2.24) is 10.6 Å². The van der Waals surface area contributed by atoms with Gasteiger partial charge in [-0.25, -0.2) is 4.79 Å². The Morgan fingerprint density at radius 2 is 1.93 bits per heavy atom. The SMILES string of the molecule is Cc1cccc(N2CC[NH+](CC(=O)NC(=O)NCCC3=CCCCC3)CC2)c1C. The predicted octanol–water partition coefficient (Wildman–Crippen LogP) is 1.72. The van der Waals surface area contributed by atoms with Crippen LogP contribution < -0.4 is 20.4 Å². The standard InChI is InChI=1S/C23H34N4O2/c1-18-7-6-10-21(19(18)2)27-15-13-26(14-16-27)17-22(28)25-23(29)24-12-11-20-8-4-3-5-9-20/h6-8,10H,3-5,9,11-17H2,1-2H3,(H2,24,25,28,29)/p+1. The first-order valence-electron chi connectivity index (χ1n) is 10.9. The van der Waals surface area contributed by atoms with Gasteiger partial charge in [0.15, 0.2) is 6.54 Å². The number of anilines is 1. The van der Waals surface area contributed by atoms with Gasteiger partial charge in [-0.1, -0.05) is 23.8 Å². The van der Waals surface area contributed by atoms with Crippen LogP contribution in [0.15, 0.2) is 29.8 Å². The fourth-order valence-corrected chi connectivity index (χ4v) is 4.23. The highest BCUT2D eigenvalue weighted by atomic mass is 16.2. The molecule has 0 bridgehead atoms. The third-order valence-corrected chi connectivity index (χ3v) is 6.17. The normalized spacial score (nSPS) is 17.6. The molecule has 1 aromatic rings. The molecular formula is C23H35N4O2+. The van der Waals surface area contributed by atoms with E-state index in [1.165, 1.54) is 40.1 Å². The molecule has 6 nitrogen and oxygen atoms in total. The molecule has 158 valence electrons. The van der Waals surface area contributed by atoms with Crippen molar-refractivity contribution in [2.75, 3.05) is 44.2 Å². The Balaban J connectivity index is 1.35. The number of amides is 3. The first-order valence-corrected chi connectivity index (χ1v) is 10.9. The molecule has 29 heavy (non-hydrogen) atoms. The van der Waals surface area contributed by atoms with Crippen molar-refractivity contribution in [3.05, 3.63) is 41.0 Å². The van der Waals surface area contributed by atoms with E-state index in [0.29, 0.717) is 13.1 Å². The third-order valence-electron chi connectivity index (χ3n) is 6.17. The number of quaternary nitrogens is 1. The van der Waals surface area contributed by atoms with Crippen molar-refractivity contribution in [3.63, 3.8) is 0 Å². The van der Waals surface area contributed by atoms with Crippen LogP contribution in [0.1, 0.15) is 43.2 Å². The molecule has 3 amide bonds. The number of nitrogens with one attached hydrogen (secondary N) is 3. The number of imide groups is 1. The molecule has 0 radical (unpaired) electrons. The molecule has 3 N–H and O–H groups in total. The zero-order valence-corrected chi connectivity index (χ0v) is 17.9. The Morgan fingerprint density at radius 1 is 1.14 bits per heavy atom. The van der Waals surface area contributed by atoms with Gasteiger partial charge >= 0.3 is 6.03 Å². The highest BCUT2D eigenvalue weighted by Crippen LogP contribution is 2.22. The summed E-state index contributed by atoms with van der Waals surface area (Å²) < 4.78 is 0. The first kappa shape index (κ1) is 21.4. The van der Waals surface area contributed by atoms with E-state index in [2.05, 4.69) is 53.7 Å². The van der Waals surface area contributed by atoms with Crippen LogP contribution in [0.25, 0.3) is 0 Å². The highest BCUT2D eigenvalue weighted by Gasteiger charge is 2.24. The van der Waals surface area contributed by atoms with Gasteiger partial charge in [0.1, 0.15) is 0 Å². The van der Waals surface area contributed by atoms with E-state index < -0.39 is 0 Å². The van der Waals surface area contributed by atoms with Crippen molar-refractivity contribution < 1.29 is 14.5 Å². The lowest BCUT2D eigenvalue weighted by atomic mass is 9.97. The maximum Gasteiger partial charge on any atom is 0.321 e. The molecule has 6 heteroatoms. The van der Waals surface area contributed by atoms with E-state index in [0.717, 1.165) is 45.4 Å². The van der Waals surface area contributed by atoms with E-state index >= 15 is 0 Å². The molecule has 0 saturated carbocycles. The second kappa shape index (κ2) is 10.4. The van der Waals surface area contributed by atoms with Crippen LogP contribution in [0.4, 0.5) is 10.5 Å². The fourth-order valence-electron chi connectivity index (χ4n) is 4.23. The Bertz CT molecular complexity index is 751. The van der Waals surface area contributed by atoms with Gasteiger partial charge in [-0.05, 0) is 63.1 Å². The van der Waals surface area contributed by atoms with E-state index in [1.807, 2.05) is 0 Å². The molecule has 0 aromatic heterocycles. The quantitative estimate of drug-likeness (QED) is 0.638. The topological polar surface area (TPSA) is 65.9 Å². The minimum Gasteiger partial charge on any atom is -0.360 e.